The highest BCUT2D eigenvalue weighted by molar-refractivity contribution is 7.99. The molecule has 2 N–H and O–H groups in total. The predicted molar refractivity (Wildman–Crippen MR) is 75.8 cm³/mol. The lowest BCUT2D eigenvalue weighted by atomic mass is 10.1. The van der Waals surface area contributed by atoms with Crippen LogP contribution in [0.15, 0.2) is 18.2 Å². The highest BCUT2D eigenvalue weighted by atomic mass is 32.2. The molecule has 1 heterocycles. The van der Waals surface area contributed by atoms with Crippen LogP contribution >= 0.6 is 11.8 Å². The van der Waals surface area contributed by atoms with Crippen molar-refractivity contribution >= 4 is 29.0 Å². The summed E-state index contributed by atoms with van der Waals surface area (Å²) in [5.41, 5.74) is 0.837. The van der Waals surface area contributed by atoms with E-state index in [0.717, 1.165) is 17.9 Å². The van der Waals surface area contributed by atoms with Crippen molar-refractivity contribution < 1.29 is 9.72 Å². The molecule has 6 nitrogen and oxygen atoms in total. The second kappa shape index (κ2) is 5.92. The maximum Gasteiger partial charge on any atom is 0.292 e. The van der Waals surface area contributed by atoms with Gasteiger partial charge in [-0.25, -0.2) is 0 Å². The second-order valence-corrected chi connectivity index (χ2v) is 5.42. The molecule has 1 saturated heterocycles. The number of anilines is 1. The van der Waals surface area contributed by atoms with Crippen molar-refractivity contribution in [2.24, 2.45) is 0 Å². The molecule has 1 atom stereocenters. The molecule has 0 aromatic heterocycles. The van der Waals surface area contributed by atoms with E-state index in [1.54, 1.807) is 6.07 Å². The smallest absolute Gasteiger partial charge is 0.292 e. The van der Waals surface area contributed by atoms with E-state index in [1.165, 1.54) is 19.2 Å². The number of amides is 1. The quantitative estimate of drug-likeness (QED) is 0.650. The Morgan fingerprint density at radius 2 is 2.32 bits per heavy atom. The summed E-state index contributed by atoms with van der Waals surface area (Å²) in [5.74, 6) is 1.74. The Morgan fingerprint density at radius 1 is 1.53 bits per heavy atom. The topological polar surface area (TPSA) is 84.3 Å². The first-order chi connectivity index (χ1) is 9.11. The van der Waals surface area contributed by atoms with Crippen molar-refractivity contribution in [2.45, 2.75) is 12.5 Å². The van der Waals surface area contributed by atoms with E-state index in [2.05, 4.69) is 10.6 Å². The van der Waals surface area contributed by atoms with Gasteiger partial charge in [-0.2, -0.15) is 11.8 Å². The number of rotatable bonds is 4. The molecule has 1 aromatic carbocycles. The Labute approximate surface area is 115 Å². The number of hydrogen-bond donors (Lipinski definition) is 2. The first kappa shape index (κ1) is 13.7. The van der Waals surface area contributed by atoms with Crippen LogP contribution in [0.1, 0.15) is 16.8 Å². The number of nitrogens with zero attached hydrogens (tertiary/aromatic N) is 1. The molecule has 1 unspecified atom stereocenters. The highest BCUT2D eigenvalue weighted by Crippen LogP contribution is 2.29. The molecular weight excluding hydrogens is 266 g/mol. The zero-order valence-electron chi connectivity index (χ0n) is 10.5. The Morgan fingerprint density at radius 3 is 2.89 bits per heavy atom. The van der Waals surface area contributed by atoms with Gasteiger partial charge in [0, 0.05) is 30.5 Å². The third kappa shape index (κ3) is 3.17. The van der Waals surface area contributed by atoms with Crippen LogP contribution in [-0.4, -0.2) is 35.4 Å². The van der Waals surface area contributed by atoms with Gasteiger partial charge >= 0.3 is 0 Å². The fourth-order valence-corrected chi connectivity index (χ4v) is 3.12. The first-order valence-electron chi connectivity index (χ1n) is 5.96. The van der Waals surface area contributed by atoms with E-state index in [1.807, 2.05) is 11.8 Å². The molecule has 2 rings (SSSR count). The number of nitro benzene ring substituents is 1. The van der Waals surface area contributed by atoms with Crippen LogP contribution in [0, 0.1) is 10.1 Å². The molecule has 0 saturated carbocycles. The number of carbonyl (C=O) groups is 1. The maximum absolute atomic E-state index is 11.6. The number of nitro groups is 1. The van der Waals surface area contributed by atoms with Crippen LogP contribution in [0.5, 0.6) is 0 Å². The minimum absolute atomic E-state index is 0.00422. The molecule has 0 spiro atoms. The number of benzene rings is 1. The largest absolute Gasteiger partial charge is 0.376 e. The molecule has 7 heteroatoms. The van der Waals surface area contributed by atoms with Crippen LogP contribution in [0.4, 0.5) is 11.4 Å². The second-order valence-electron chi connectivity index (χ2n) is 4.27. The normalized spacial score (nSPS) is 18.1. The average Bonchev–Trinajstić information content (AvgIpc) is 2.90. The Hall–Kier alpha value is -1.76. The number of nitrogens with one attached hydrogen (secondary N) is 2. The monoisotopic (exact) mass is 281 g/mol. The third-order valence-corrected chi connectivity index (χ3v) is 4.13. The molecule has 102 valence electrons. The maximum atomic E-state index is 11.6. The zero-order valence-corrected chi connectivity index (χ0v) is 11.3. The Bertz CT molecular complexity index is 501. The molecule has 1 aliphatic rings. The first-order valence-corrected chi connectivity index (χ1v) is 7.12. The summed E-state index contributed by atoms with van der Waals surface area (Å²) >= 11 is 1.82. The van der Waals surface area contributed by atoms with E-state index in [4.69, 9.17) is 0 Å². The standard InChI is InChI=1S/C12H15N3O3S/c1-13-12(16)8-2-3-11(15(17)18)10(6-8)14-9-4-5-19-7-9/h2-3,6,9,14H,4-5,7H2,1H3,(H,13,16). The van der Waals surface area contributed by atoms with Crippen LogP contribution < -0.4 is 10.6 Å². The van der Waals surface area contributed by atoms with Gasteiger partial charge in [-0.1, -0.05) is 0 Å². The SMILES string of the molecule is CNC(=O)c1ccc([N+](=O)[O-])c(NC2CCSC2)c1. The van der Waals surface area contributed by atoms with Gasteiger partial charge in [-0.05, 0) is 24.3 Å². The fourth-order valence-electron chi connectivity index (χ4n) is 1.96. The van der Waals surface area contributed by atoms with Crippen molar-refractivity contribution in [3.05, 3.63) is 33.9 Å². The molecule has 1 fully saturated rings. The van der Waals surface area contributed by atoms with Crippen molar-refractivity contribution in [1.82, 2.24) is 5.32 Å². The lowest BCUT2D eigenvalue weighted by molar-refractivity contribution is -0.384. The van der Waals surface area contributed by atoms with Crippen molar-refractivity contribution in [3.63, 3.8) is 0 Å². The van der Waals surface area contributed by atoms with Crippen molar-refractivity contribution in [1.29, 1.82) is 0 Å². The van der Waals surface area contributed by atoms with Gasteiger partial charge in [0.25, 0.3) is 11.6 Å². The Kier molecular flexibility index (Phi) is 4.26. The van der Waals surface area contributed by atoms with E-state index in [0.29, 0.717) is 11.3 Å². The lowest BCUT2D eigenvalue weighted by Crippen LogP contribution is -2.21. The van der Waals surface area contributed by atoms with Crippen LogP contribution in [0.2, 0.25) is 0 Å². The minimum Gasteiger partial charge on any atom is -0.376 e. The summed E-state index contributed by atoms with van der Waals surface area (Å²) in [5, 5.41) is 16.7. The number of carbonyl (C=O) groups excluding carboxylic acids is 1. The fraction of sp³-hybridized carbons (Fsp3) is 0.417. The number of thioether (sulfide) groups is 1. The summed E-state index contributed by atoms with van der Waals surface area (Å²) in [6.07, 6.45) is 0.978. The van der Waals surface area contributed by atoms with Gasteiger partial charge < -0.3 is 10.6 Å². The predicted octanol–water partition coefficient (Wildman–Crippen LogP) is 1.87. The Balaban J connectivity index is 2.29. The molecule has 0 aliphatic carbocycles. The van der Waals surface area contributed by atoms with Crippen LogP contribution in [0.3, 0.4) is 0 Å². The van der Waals surface area contributed by atoms with Gasteiger partial charge in [-0.3, -0.25) is 14.9 Å². The van der Waals surface area contributed by atoms with Gasteiger partial charge in [0.1, 0.15) is 5.69 Å². The highest BCUT2D eigenvalue weighted by Gasteiger charge is 2.21. The lowest BCUT2D eigenvalue weighted by Gasteiger charge is -2.13. The van der Waals surface area contributed by atoms with Gasteiger partial charge in [-0.15, -0.1) is 0 Å². The van der Waals surface area contributed by atoms with Crippen molar-refractivity contribution in [2.75, 3.05) is 23.9 Å². The molecule has 19 heavy (non-hydrogen) atoms. The van der Waals surface area contributed by atoms with Gasteiger partial charge in [0.2, 0.25) is 0 Å². The summed E-state index contributed by atoms with van der Waals surface area (Å²) in [7, 11) is 1.53. The molecule has 0 radical (unpaired) electrons. The number of hydrogen-bond acceptors (Lipinski definition) is 5. The van der Waals surface area contributed by atoms with Gasteiger partial charge in [0.05, 0.1) is 4.92 Å². The summed E-state index contributed by atoms with van der Waals surface area (Å²) in [6.45, 7) is 0. The van der Waals surface area contributed by atoms with E-state index < -0.39 is 4.92 Å². The average molecular weight is 281 g/mol. The van der Waals surface area contributed by atoms with E-state index in [9.17, 15) is 14.9 Å². The van der Waals surface area contributed by atoms with Crippen LogP contribution in [0.25, 0.3) is 0 Å². The van der Waals surface area contributed by atoms with Gasteiger partial charge in [0.15, 0.2) is 0 Å². The van der Waals surface area contributed by atoms with Crippen molar-refractivity contribution in [3.8, 4) is 0 Å². The summed E-state index contributed by atoms with van der Waals surface area (Å²) in [6, 6.07) is 4.60. The third-order valence-electron chi connectivity index (χ3n) is 2.97. The molecular formula is C12H15N3O3S. The molecule has 0 bridgehead atoms. The van der Waals surface area contributed by atoms with E-state index in [-0.39, 0.29) is 17.6 Å². The van der Waals surface area contributed by atoms with Crippen LogP contribution in [-0.2, 0) is 0 Å². The van der Waals surface area contributed by atoms with E-state index >= 15 is 0 Å². The summed E-state index contributed by atoms with van der Waals surface area (Å²) in [4.78, 5) is 22.1. The zero-order chi connectivity index (χ0) is 13.8. The molecule has 1 aromatic rings. The molecule has 1 aliphatic heterocycles. The molecule has 1 amide bonds. The summed E-state index contributed by atoms with van der Waals surface area (Å²) < 4.78 is 0. The minimum atomic E-state index is -0.432.